The van der Waals surface area contributed by atoms with Gasteiger partial charge >= 0.3 is 6.03 Å². The summed E-state index contributed by atoms with van der Waals surface area (Å²) in [5, 5.41) is 2.98. The minimum Gasteiger partial charge on any atom is -0.489 e. The molecule has 0 atom stereocenters. The first-order valence-corrected chi connectivity index (χ1v) is 9.56. The Morgan fingerprint density at radius 2 is 1.79 bits per heavy atom. The number of benzene rings is 2. The summed E-state index contributed by atoms with van der Waals surface area (Å²) in [5.74, 6) is 2.24. The lowest BCUT2D eigenvalue weighted by molar-refractivity contribution is 0.174. The van der Waals surface area contributed by atoms with Gasteiger partial charge in [0.05, 0.1) is 11.8 Å². The number of ether oxygens (including phenoxy) is 3. The van der Waals surface area contributed by atoms with Gasteiger partial charge in [0, 0.05) is 37.9 Å². The SMILES string of the molecule is CC(C)Oc1ccccc1NC(=O)N1CCN(c2ccc3c(c2)OCO3)CC1. The molecule has 2 aromatic carbocycles. The number of amides is 2. The third-order valence-corrected chi connectivity index (χ3v) is 4.78. The molecule has 0 radical (unpaired) electrons. The number of nitrogens with one attached hydrogen (secondary N) is 1. The van der Waals surface area contributed by atoms with Gasteiger partial charge in [-0.05, 0) is 38.1 Å². The standard InChI is InChI=1S/C21H25N3O4/c1-15(2)28-18-6-4-3-5-17(18)22-21(25)24-11-9-23(10-12-24)16-7-8-19-20(13-16)27-14-26-19/h3-8,13,15H,9-12,14H2,1-2H3,(H,22,25). The molecule has 0 saturated carbocycles. The van der Waals surface area contributed by atoms with Gasteiger partial charge in [-0.15, -0.1) is 0 Å². The number of fused-ring (bicyclic) bond motifs is 1. The lowest BCUT2D eigenvalue weighted by atomic mass is 10.2. The molecule has 2 aliphatic heterocycles. The molecule has 0 bridgehead atoms. The molecule has 0 aromatic heterocycles. The third kappa shape index (κ3) is 3.93. The molecule has 1 N–H and O–H groups in total. The number of anilines is 2. The number of hydrogen-bond acceptors (Lipinski definition) is 5. The van der Waals surface area contributed by atoms with Crippen molar-refractivity contribution in [2.45, 2.75) is 20.0 Å². The molecule has 4 rings (SSSR count). The molecule has 2 heterocycles. The van der Waals surface area contributed by atoms with Crippen LogP contribution in [0.3, 0.4) is 0 Å². The molecule has 2 amide bonds. The maximum absolute atomic E-state index is 12.7. The van der Waals surface area contributed by atoms with Gasteiger partial charge in [0.15, 0.2) is 11.5 Å². The molecule has 7 heteroatoms. The lowest BCUT2D eigenvalue weighted by Crippen LogP contribution is -2.50. The zero-order valence-corrected chi connectivity index (χ0v) is 16.2. The molecule has 28 heavy (non-hydrogen) atoms. The van der Waals surface area contributed by atoms with E-state index in [1.807, 2.05) is 61.2 Å². The Morgan fingerprint density at radius 3 is 2.57 bits per heavy atom. The summed E-state index contributed by atoms with van der Waals surface area (Å²) in [6, 6.07) is 13.4. The van der Waals surface area contributed by atoms with Crippen molar-refractivity contribution < 1.29 is 19.0 Å². The number of nitrogens with zero attached hydrogens (tertiary/aromatic N) is 2. The van der Waals surface area contributed by atoms with E-state index >= 15 is 0 Å². The summed E-state index contributed by atoms with van der Waals surface area (Å²) in [6.07, 6.45) is 0.0447. The van der Waals surface area contributed by atoms with Crippen LogP contribution >= 0.6 is 0 Å². The Balaban J connectivity index is 1.36. The van der Waals surface area contributed by atoms with Crippen molar-refractivity contribution in [1.29, 1.82) is 0 Å². The largest absolute Gasteiger partial charge is 0.489 e. The highest BCUT2D eigenvalue weighted by atomic mass is 16.7. The maximum atomic E-state index is 12.7. The number of hydrogen-bond donors (Lipinski definition) is 1. The minimum atomic E-state index is -0.106. The van der Waals surface area contributed by atoms with Crippen LogP contribution in [0.4, 0.5) is 16.2 Å². The minimum absolute atomic E-state index is 0.0447. The average molecular weight is 383 g/mol. The first-order chi connectivity index (χ1) is 13.6. The van der Waals surface area contributed by atoms with Gasteiger partial charge in [0.2, 0.25) is 6.79 Å². The summed E-state index contributed by atoms with van der Waals surface area (Å²) in [5.41, 5.74) is 1.78. The smallest absolute Gasteiger partial charge is 0.322 e. The van der Waals surface area contributed by atoms with Gasteiger partial charge in [0.1, 0.15) is 5.75 Å². The summed E-state index contributed by atoms with van der Waals surface area (Å²) >= 11 is 0. The molecule has 0 aliphatic carbocycles. The zero-order chi connectivity index (χ0) is 19.5. The average Bonchev–Trinajstić information content (AvgIpc) is 3.17. The van der Waals surface area contributed by atoms with E-state index < -0.39 is 0 Å². The van der Waals surface area contributed by atoms with Crippen LogP contribution < -0.4 is 24.4 Å². The van der Waals surface area contributed by atoms with Crippen molar-refractivity contribution in [2.24, 2.45) is 0 Å². The summed E-state index contributed by atoms with van der Waals surface area (Å²) in [4.78, 5) is 16.8. The predicted molar refractivity (Wildman–Crippen MR) is 108 cm³/mol. The highest BCUT2D eigenvalue weighted by Crippen LogP contribution is 2.35. The molecule has 1 fully saturated rings. The van der Waals surface area contributed by atoms with Crippen LogP contribution in [0.15, 0.2) is 42.5 Å². The number of para-hydroxylation sites is 2. The van der Waals surface area contributed by atoms with Gasteiger partial charge in [-0.1, -0.05) is 12.1 Å². The van der Waals surface area contributed by atoms with E-state index in [2.05, 4.69) is 10.2 Å². The highest BCUT2D eigenvalue weighted by molar-refractivity contribution is 5.91. The Labute approximate surface area is 164 Å². The van der Waals surface area contributed by atoms with Crippen LogP contribution in [0, 0.1) is 0 Å². The molecular weight excluding hydrogens is 358 g/mol. The van der Waals surface area contributed by atoms with Crippen molar-refractivity contribution >= 4 is 17.4 Å². The van der Waals surface area contributed by atoms with Crippen LogP contribution in [-0.2, 0) is 0 Å². The van der Waals surface area contributed by atoms with E-state index in [1.165, 1.54) is 0 Å². The number of carbonyl (C=O) groups excluding carboxylic acids is 1. The monoisotopic (exact) mass is 383 g/mol. The van der Waals surface area contributed by atoms with E-state index in [0.29, 0.717) is 24.5 Å². The lowest BCUT2D eigenvalue weighted by Gasteiger charge is -2.36. The van der Waals surface area contributed by atoms with Crippen LogP contribution in [0.2, 0.25) is 0 Å². The Bertz CT molecular complexity index is 847. The van der Waals surface area contributed by atoms with E-state index in [9.17, 15) is 4.79 Å². The van der Waals surface area contributed by atoms with Crippen molar-refractivity contribution in [2.75, 3.05) is 43.2 Å². The van der Waals surface area contributed by atoms with Crippen molar-refractivity contribution in [3.63, 3.8) is 0 Å². The zero-order valence-electron chi connectivity index (χ0n) is 16.2. The summed E-state index contributed by atoms with van der Waals surface area (Å²) in [7, 11) is 0. The predicted octanol–water partition coefficient (Wildman–Crippen LogP) is 3.56. The van der Waals surface area contributed by atoms with Crippen molar-refractivity contribution in [3.8, 4) is 17.2 Å². The quantitative estimate of drug-likeness (QED) is 0.875. The maximum Gasteiger partial charge on any atom is 0.322 e. The first-order valence-electron chi connectivity index (χ1n) is 9.56. The fraction of sp³-hybridized carbons (Fsp3) is 0.381. The van der Waals surface area contributed by atoms with Crippen LogP contribution in [0.25, 0.3) is 0 Å². The first kappa shape index (κ1) is 18.3. The van der Waals surface area contributed by atoms with Crippen LogP contribution in [0.5, 0.6) is 17.2 Å². The molecule has 2 aliphatic rings. The Morgan fingerprint density at radius 1 is 1.04 bits per heavy atom. The summed E-state index contributed by atoms with van der Waals surface area (Å²) in [6.45, 7) is 7.02. The van der Waals surface area contributed by atoms with E-state index in [-0.39, 0.29) is 18.9 Å². The summed E-state index contributed by atoms with van der Waals surface area (Å²) < 4.78 is 16.6. The molecule has 7 nitrogen and oxygen atoms in total. The topological polar surface area (TPSA) is 63.3 Å². The van der Waals surface area contributed by atoms with Crippen LogP contribution in [0.1, 0.15) is 13.8 Å². The molecule has 1 saturated heterocycles. The van der Waals surface area contributed by atoms with Gasteiger partial charge < -0.3 is 29.3 Å². The molecular formula is C21H25N3O4. The van der Waals surface area contributed by atoms with Crippen molar-refractivity contribution in [3.05, 3.63) is 42.5 Å². The second-order valence-electron chi connectivity index (χ2n) is 7.10. The van der Waals surface area contributed by atoms with E-state index in [1.54, 1.807) is 0 Å². The second-order valence-corrected chi connectivity index (χ2v) is 7.10. The number of carbonyl (C=O) groups is 1. The van der Waals surface area contributed by atoms with Gasteiger partial charge in [0.25, 0.3) is 0 Å². The fourth-order valence-electron chi connectivity index (χ4n) is 3.37. The molecule has 0 spiro atoms. The number of rotatable bonds is 4. The molecule has 2 aromatic rings. The molecule has 148 valence electrons. The van der Waals surface area contributed by atoms with Crippen LogP contribution in [-0.4, -0.2) is 50.0 Å². The fourth-order valence-corrected chi connectivity index (χ4v) is 3.37. The number of piperazine rings is 1. The normalized spacial score (nSPS) is 15.7. The Kier molecular flexibility index (Phi) is 5.14. The molecule has 0 unspecified atom stereocenters. The Hall–Kier alpha value is -3.09. The number of urea groups is 1. The van der Waals surface area contributed by atoms with E-state index in [4.69, 9.17) is 14.2 Å². The van der Waals surface area contributed by atoms with Gasteiger partial charge in [-0.2, -0.15) is 0 Å². The highest BCUT2D eigenvalue weighted by Gasteiger charge is 2.23. The van der Waals surface area contributed by atoms with Crippen molar-refractivity contribution in [1.82, 2.24) is 4.90 Å². The second kappa shape index (κ2) is 7.88. The van der Waals surface area contributed by atoms with E-state index in [0.717, 1.165) is 30.3 Å². The third-order valence-electron chi connectivity index (χ3n) is 4.78. The van der Waals surface area contributed by atoms with Gasteiger partial charge in [-0.3, -0.25) is 0 Å². The van der Waals surface area contributed by atoms with Gasteiger partial charge in [-0.25, -0.2) is 4.79 Å².